The van der Waals surface area contributed by atoms with Crippen LogP contribution in [0.2, 0.25) is 0 Å². The van der Waals surface area contributed by atoms with Crippen molar-refractivity contribution in [3.8, 4) is 11.8 Å². The van der Waals surface area contributed by atoms with Gasteiger partial charge >= 0.3 is 0 Å². The summed E-state index contributed by atoms with van der Waals surface area (Å²) in [4.78, 5) is 5.31. The number of rotatable bonds is 1. The van der Waals surface area contributed by atoms with Crippen molar-refractivity contribution in [2.24, 2.45) is 5.90 Å². The lowest BCUT2D eigenvalue weighted by atomic mass is 10.5. The molecule has 1 rings (SSSR count). The van der Waals surface area contributed by atoms with Gasteiger partial charge in [-0.3, -0.25) is 4.84 Å². The minimum absolute atomic E-state index is 0. The fraction of sp³-hybridized carbons (Fsp3) is 0.143. The van der Waals surface area contributed by atoms with Gasteiger partial charge in [0, 0.05) is 0 Å². The van der Waals surface area contributed by atoms with Crippen LogP contribution >= 0.6 is 23.7 Å². The standard InChI is InChI=1S/C7H7NOS.ClH/c8-9-5-1-3-7-4-2-6-10-7;/h2,4,6H,5,8H2;1H. The average molecular weight is 190 g/mol. The lowest BCUT2D eigenvalue weighted by Gasteiger charge is -1.80. The van der Waals surface area contributed by atoms with Crippen LogP contribution in [-0.4, -0.2) is 6.61 Å². The Balaban J connectivity index is 0.000001000. The Labute approximate surface area is 75.7 Å². The fourth-order valence-corrected chi connectivity index (χ4v) is 1.11. The summed E-state index contributed by atoms with van der Waals surface area (Å²) in [6.45, 7) is 0.290. The molecule has 60 valence electrons. The van der Waals surface area contributed by atoms with Gasteiger partial charge in [0.2, 0.25) is 0 Å². The van der Waals surface area contributed by atoms with E-state index in [1.165, 1.54) is 0 Å². The second kappa shape index (κ2) is 6.20. The number of thiophene rings is 1. The molecule has 0 radical (unpaired) electrons. The van der Waals surface area contributed by atoms with Gasteiger partial charge < -0.3 is 0 Å². The molecule has 0 spiro atoms. The Bertz CT molecular complexity index is 237. The minimum Gasteiger partial charge on any atom is -0.292 e. The molecule has 0 amide bonds. The van der Waals surface area contributed by atoms with Crippen molar-refractivity contribution in [2.45, 2.75) is 0 Å². The number of nitrogens with two attached hydrogens (primary N) is 1. The highest BCUT2D eigenvalue weighted by Gasteiger charge is 1.82. The van der Waals surface area contributed by atoms with Gasteiger partial charge in [0.15, 0.2) is 0 Å². The maximum Gasteiger partial charge on any atom is 0.129 e. The van der Waals surface area contributed by atoms with Crippen LogP contribution in [0, 0.1) is 11.8 Å². The van der Waals surface area contributed by atoms with Crippen LogP contribution in [0.25, 0.3) is 0 Å². The summed E-state index contributed by atoms with van der Waals surface area (Å²) in [7, 11) is 0. The van der Waals surface area contributed by atoms with Gasteiger partial charge in [-0.25, -0.2) is 5.90 Å². The summed E-state index contributed by atoms with van der Waals surface area (Å²) < 4.78 is 0. The lowest BCUT2D eigenvalue weighted by Crippen LogP contribution is -1.97. The highest BCUT2D eigenvalue weighted by molar-refractivity contribution is 7.10. The van der Waals surface area contributed by atoms with Crippen LogP contribution in [0.3, 0.4) is 0 Å². The van der Waals surface area contributed by atoms with Crippen molar-refractivity contribution in [3.05, 3.63) is 22.4 Å². The topological polar surface area (TPSA) is 35.2 Å². The normalized spacial score (nSPS) is 7.73. The number of halogens is 1. The zero-order valence-electron chi connectivity index (χ0n) is 5.74. The van der Waals surface area contributed by atoms with Crippen molar-refractivity contribution in [1.82, 2.24) is 0 Å². The third kappa shape index (κ3) is 4.02. The molecule has 0 unspecified atom stereocenters. The highest BCUT2D eigenvalue weighted by Crippen LogP contribution is 2.04. The number of hydrogen-bond acceptors (Lipinski definition) is 3. The molecule has 11 heavy (non-hydrogen) atoms. The molecule has 0 saturated heterocycles. The maximum atomic E-state index is 4.77. The van der Waals surface area contributed by atoms with E-state index in [-0.39, 0.29) is 19.0 Å². The van der Waals surface area contributed by atoms with Gasteiger partial charge in [-0.1, -0.05) is 17.9 Å². The molecule has 0 bridgehead atoms. The summed E-state index contributed by atoms with van der Waals surface area (Å²) in [5.41, 5.74) is 0. The molecule has 0 aliphatic rings. The molecule has 1 aromatic heterocycles. The molecule has 0 aliphatic heterocycles. The van der Waals surface area contributed by atoms with Crippen LogP contribution < -0.4 is 5.90 Å². The van der Waals surface area contributed by atoms with Gasteiger partial charge in [-0.2, -0.15) is 0 Å². The van der Waals surface area contributed by atoms with Crippen LogP contribution in [0.1, 0.15) is 4.88 Å². The third-order valence-electron chi connectivity index (χ3n) is 0.888. The molecule has 0 saturated carbocycles. The average Bonchev–Trinajstić information content (AvgIpc) is 2.41. The zero-order valence-corrected chi connectivity index (χ0v) is 7.37. The van der Waals surface area contributed by atoms with Crippen LogP contribution in [0.15, 0.2) is 17.5 Å². The van der Waals surface area contributed by atoms with E-state index < -0.39 is 0 Å². The zero-order chi connectivity index (χ0) is 7.23. The summed E-state index contributed by atoms with van der Waals surface area (Å²) >= 11 is 1.60. The van der Waals surface area contributed by atoms with Crippen molar-refractivity contribution in [3.63, 3.8) is 0 Å². The predicted octanol–water partition coefficient (Wildman–Crippen LogP) is 1.41. The Hall–Kier alpha value is -0.530. The van der Waals surface area contributed by atoms with Crippen LogP contribution in [-0.2, 0) is 4.84 Å². The smallest absolute Gasteiger partial charge is 0.129 e. The van der Waals surface area contributed by atoms with Crippen LogP contribution in [0.5, 0.6) is 0 Å². The first-order valence-electron chi connectivity index (χ1n) is 2.77. The van der Waals surface area contributed by atoms with E-state index in [2.05, 4.69) is 16.7 Å². The van der Waals surface area contributed by atoms with Gasteiger partial charge in [0.1, 0.15) is 6.61 Å². The fourth-order valence-electron chi connectivity index (χ4n) is 0.515. The third-order valence-corrected chi connectivity index (χ3v) is 1.67. The van der Waals surface area contributed by atoms with Gasteiger partial charge in [-0.15, -0.1) is 23.7 Å². The molecular formula is C7H8ClNOS. The van der Waals surface area contributed by atoms with Crippen LogP contribution in [0.4, 0.5) is 0 Å². The first-order chi connectivity index (χ1) is 4.93. The summed E-state index contributed by atoms with van der Waals surface area (Å²) in [5, 5.41) is 1.98. The SMILES string of the molecule is Cl.NOCC#Cc1cccs1. The van der Waals surface area contributed by atoms with E-state index in [4.69, 9.17) is 5.90 Å². The van der Waals surface area contributed by atoms with Gasteiger partial charge in [0.05, 0.1) is 4.88 Å². The molecule has 0 aliphatic carbocycles. The first-order valence-corrected chi connectivity index (χ1v) is 3.65. The van der Waals surface area contributed by atoms with E-state index in [1.54, 1.807) is 11.3 Å². The lowest BCUT2D eigenvalue weighted by molar-refractivity contribution is 0.173. The largest absolute Gasteiger partial charge is 0.292 e. The molecule has 0 atom stereocenters. The Morgan fingerprint density at radius 2 is 2.45 bits per heavy atom. The molecule has 1 heterocycles. The van der Waals surface area contributed by atoms with Crippen molar-refractivity contribution < 1.29 is 4.84 Å². The quantitative estimate of drug-likeness (QED) is 0.536. The van der Waals surface area contributed by atoms with Gasteiger partial charge in [-0.05, 0) is 11.4 Å². The van der Waals surface area contributed by atoms with Crippen molar-refractivity contribution >= 4 is 23.7 Å². The van der Waals surface area contributed by atoms with E-state index in [0.717, 1.165) is 4.88 Å². The maximum absolute atomic E-state index is 4.77. The molecule has 2 N–H and O–H groups in total. The minimum atomic E-state index is 0. The molecular weight excluding hydrogens is 182 g/mol. The predicted molar refractivity (Wildman–Crippen MR) is 48.6 cm³/mol. The van der Waals surface area contributed by atoms with Gasteiger partial charge in [0.25, 0.3) is 0 Å². The second-order valence-corrected chi connectivity index (χ2v) is 2.54. The van der Waals surface area contributed by atoms with E-state index in [1.807, 2.05) is 17.5 Å². The number of hydrogen-bond donors (Lipinski definition) is 1. The highest BCUT2D eigenvalue weighted by atomic mass is 35.5. The Morgan fingerprint density at radius 1 is 1.64 bits per heavy atom. The monoisotopic (exact) mass is 189 g/mol. The molecule has 4 heteroatoms. The summed E-state index contributed by atoms with van der Waals surface area (Å²) in [6, 6.07) is 3.91. The molecule has 0 aromatic carbocycles. The van der Waals surface area contributed by atoms with E-state index >= 15 is 0 Å². The second-order valence-electron chi connectivity index (χ2n) is 1.59. The molecule has 2 nitrogen and oxygen atoms in total. The first kappa shape index (κ1) is 10.5. The molecule has 0 fully saturated rings. The van der Waals surface area contributed by atoms with E-state index in [0.29, 0.717) is 0 Å². The van der Waals surface area contributed by atoms with E-state index in [9.17, 15) is 0 Å². The molecule has 1 aromatic rings. The summed E-state index contributed by atoms with van der Waals surface area (Å²) in [5.74, 6) is 10.4. The Kier molecular flexibility index (Phi) is 5.90. The summed E-state index contributed by atoms with van der Waals surface area (Å²) in [6.07, 6.45) is 0. The van der Waals surface area contributed by atoms with Crippen molar-refractivity contribution in [2.75, 3.05) is 6.61 Å². The van der Waals surface area contributed by atoms with Crippen molar-refractivity contribution in [1.29, 1.82) is 0 Å². The Morgan fingerprint density at radius 3 is 3.00 bits per heavy atom.